The predicted molar refractivity (Wildman–Crippen MR) is 56.0 cm³/mol. The first-order valence-electron chi connectivity index (χ1n) is 4.34. The normalized spacial score (nSPS) is 9.73. The van der Waals surface area contributed by atoms with Crippen molar-refractivity contribution in [2.75, 3.05) is 18.9 Å². The molecule has 7 nitrogen and oxygen atoms in total. The second-order valence-electron chi connectivity index (χ2n) is 2.80. The van der Waals surface area contributed by atoms with Gasteiger partial charge in [-0.3, -0.25) is 4.57 Å². The molecule has 0 atom stereocenters. The Balaban J connectivity index is 2.99. The molecular weight excluding hydrogens is 198 g/mol. The van der Waals surface area contributed by atoms with Gasteiger partial charge < -0.3 is 10.6 Å². The Morgan fingerprint density at radius 2 is 2.33 bits per heavy atom. The molecule has 0 aliphatic rings. The monoisotopic (exact) mass is 211 g/mol. The van der Waals surface area contributed by atoms with Gasteiger partial charge in [-0.15, -0.1) is 16.4 Å². The third-order valence-electron chi connectivity index (χ3n) is 1.79. The molecule has 7 heteroatoms. The minimum Gasteiger partial charge on any atom is -0.357 e. The van der Waals surface area contributed by atoms with E-state index in [0.29, 0.717) is 5.95 Å². The van der Waals surface area contributed by atoms with E-state index in [2.05, 4.69) is 22.3 Å². The van der Waals surface area contributed by atoms with Crippen molar-refractivity contribution in [3.63, 3.8) is 0 Å². The summed E-state index contributed by atoms with van der Waals surface area (Å²) in [5.74, 6) is 0.328. The highest BCUT2D eigenvalue weighted by Gasteiger charge is 2.13. The van der Waals surface area contributed by atoms with Crippen LogP contribution in [-0.4, -0.2) is 34.0 Å². The number of nitrogens with one attached hydrogen (secondary N) is 2. The van der Waals surface area contributed by atoms with Gasteiger partial charge in [-0.2, -0.15) is 0 Å². The first-order chi connectivity index (χ1) is 7.11. The first kappa shape index (κ1) is 11.0. The molecular formula is C8H13N5O2. The number of carbonyl (C=O) groups excluding carboxylic acids is 1. The van der Waals surface area contributed by atoms with Crippen LogP contribution < -0.4 is 16.3 Å². The largest absolute Gasteiger partial charge is 0.357 e. The zero-order valence-corrected chi connectivity index (χ0v) is 8.65. The number of aromatic nitrogens is 3. The number of hydrogen-bond acceptors (Lipinski definition) is 4. The van der Waals surface area contributed by atoms with Crippen molar-refractivity contribution in [3.8, 4) is 0 Å². The minimum atomic E-state index is -0.572. The zero-order valence-electron chi connectivity index (χ0n) is 8.65. The predicted octanol–water partition coefficient (Wildman–Crippen LogP) is -0.633. The molecule has 0 saturated carbocycles. The van der Waals surface area contributed by atoms with Crippen LogP contribution >= 0.6 is 0 Å². The maximum absolute atomic E-state index is 11.5. The van der Waals surface area contributed by atoms with E-state index in [9.17, 15) is 9.59 Å². The number of amides is 1. The molecule has 1 heterocycles. The molecule has 0 radical (unpaired) electrons. The topological polar surface area (TPSA) is 81.0 Å². The van der Waals surface area contributed by atoms with E-state index in [0.717, 1.165) is 4.68 Å². The lowest BCUT2D eigenvalue weighted by Gasteiger charge is -1.98. The van der Waals surface area contributed by atoms with E-state index in [-0.39, 0.29) is 6.54 Å². The van der Waals surface area contributed by atoms with E-state index >= 15 is 0 Å². The summed E-state index contributed by atoms with van der Waals surface area (Å²) in [6.45, 7) is 3.74. The summed E-state index contributed by atoms with van der Waals surface area (Å²) in [7, 11) is 3.15. The van der Waals surface area contributed by atoms with Crippen LogP contribution in [0.2, 0.25) is 0 Å². The minimum absolute atomic E-state index is 0.288. The van der Waals surface area contributed by atoms with E-state index in [1.165, 1.54) is 17.7 Å². The number of rotatable bonds is 3. The third-order valence-corrected chi connectivity index (χ3v) is 1.79. The van der Waals surface area contributed by atoms with Crippen molar-refractivity contribution in [1.29, 1.82) is 0 Å². The van der Waals surface area contributed by atoms with Gasteiger partial charge >= 0.3 is 11.7 Å². The third kappa shape index (κ3) is 2.06. The fraction of sp³-hybridized carbons (Fsp3) is 0.375. The number of nitrogens with zero attached hydrogens (tertiary/aromatic N) is 3. The van der Waals surface area contributed by atoms with Crippen molar-refractivity contribution in [2.24, 2.45) is 7.05 Å². The number of hydrogen-bond donors (Lipinski definition) is 2. The molecule has 0 aliphatic carbocycles. The van der Waals surface area contributed by atoms with Crippen LogP contribution in [0.5, 0.6) is 0 Å². The van der Waals surface area contributed by atoms with Crippen molar-refractivity contribution in [3.05, 3.63) is 23.1 Å². The van der Waals surface area contributed by atoms with Gasteiger partial charge in [0.2, 0.25) is 5.95 Å². The van der Waals surface area contributed by atoms with Crippen LogP contribution in [0, 0.1) is 0 Å². The lowest BCUT2D eigenvalue weighted by molar-refractivity contribution is 0.239. The van der Waals surface area contributed by atoms with Crippen LogP contribution in [0.15, 0.2) is 17.4 Å². The molecule has 1 aromatic heterocycles. The van der Waals surface area contributed by atoms with Gasteiger partial charge in [0.15, 0.2) is 0 Å². The average molecular weight is 211 g/mol. The van der Waals surface area contributed by atoms with Crippen LogP contribution in [0.4, 0.5) is 10.7 Å². The van der Waals surface area contributed by atoms with Crippen molar-refractivity contribution in [2.45, 2.75) is 0 Å². The summed E-state index contributed by atoms with van der Waals surface area (Å²) < 4.78 is 2.00. The van der Waals surface area contributed by atoms with E-state index in [4.69, 9.17) is 0 Å². The van der Waals surface area contributed by atoms with Crippen LogP contribution in [-0.2, 0) is 7.05 Å². The van der Waals surface area contributed by atoms with E-state index in [1.54, 1.807) is 7.05 Å². The quantitative estimate of drug-likeness (QED) is 0.652. The van der Waals surface area contributed by atoms with Gasteiger partial charge in [0, 0.05) is 20.6 Å². The van der Waals surface area contributed by atoms with Crippen LogP contribution in [0.1, 0.15) is 0 Å². The van der Waals surface area contributed by atoms with Gasteiger partial charge in [0.05, 0.1) is 0 Å². The molecule has 0 fully saturated rings. The highest BCUT2D eigenvalue weighted by molar-refractivity contribution is 5.75. The Kier molecular flexibility index (Phi) is 3.27. The van der Waals surface area contributed by atoms with Crippen LogP contribution in [0.25, 0.3) is 0 Å². The van der Waals surface area contributed by atoms with Gasteiger partial charge in [-0.25, -0.2) is 9.59 Å². The van der Waals surface area contributed by atoms with Gasteiger partial charge in [0.25, 0.3) is 0 Å². The molecule has 0 spiro atoms. The SMILES string of the molecule is C=CCNC(=O)n1nc(NC)n(C)c1=O. The molecule has 0 saturated heterocycles. The Labute approximate surface area is 86.4 Å². The van der Waals surface area contributed by atoms with E-state index < -0.39 is 11.7 Å². The molecule has 15 heavy (non-hydrogen) atoms. The summed E-state index contributed by atoms with van der Waals surface area (Å²) in [5.41, 5.74) is -0.499. The van der Waals surface area contributed by atoms with Crippen molar-refractivity contribution < 1.29 is 4.79 Å². The Morgan fingerprint density at radius 1 is 1.67 bits per heavy atom. The summed E-state index contributed by atoms with van der Waals surface area (Å²) in [5, 5.41) is 8.95. The smallest absolute Gasteiger partial charge is 0.355 e. The van der Waals surface area contributed by atoms with E-state index in [1.807, 2.05) is 0 Å². The second-order valence-corrected chi connectivity index (χ2v) is 2.80. The molecule has 1 aromatic rings. The molecule has 1 amide bonds. The lowest BCUT2D eigenvalue weighted by atomic mass is 10.6. The van der Waals surface area contributed by atoms with Crippen molar-refractivity contribution in [1.82, 2.24) is 19.7 Å². The Morgan fingerprint density at radius 3 is 2.80 bits per heavy atom. The highest BCUT2D eigenvalue weighted by atomic mass is 16.2. The summed E-state index contributed by atoms with van der Waals surface area (Å²) in [6, 6.07) is -0.572. The zero-order chi connectivity index (χ0) is 11.4. The second kappa shape index (κ2) is 4.45. The molecule has 0 bridgehead atoms. The summed E-state index contributed by atoms with van der Waals surface area (Å²) in [6.07, 6.45) is 1.52. The summed E-state index contributed by atoms with van der Waals surface area (Å²) >= 11 is 0. The number of carbonyl (C=O) groups is 1. The fourth-order valence-electron chi connectivity index (χ4n) is 1.02. The maximum Gasteiger partial charge on any atom is 0.355 e. The van der Waals surface area contributed by atoms with Gasteiger partial charge in [-0.05, 0) is 0 Å². The maximum atomic E-state index is 11.5. The molecule has 1 rings (SSSR count). The number of anilines is 1. The standard InChI is InChI=1S/C8H13N5O2/c1-4-5-10-7(14)13-8(15)12(3)6(9-2)11-13/h4H,1,5H2,2-3H3,(H,9,11)(H,10,14). The summed E-state index contributed by atoms with van der Waals surface area (Å²) in [4.78, 5) is 22.9. The lowest BCUT2D eigenvalue weighted by Crippen LogP contribution is -2.37. The molecule has 0 aliphatic heterocycles. The fourth-order valence-corrected chi connectivity index (χ4v) is 1.02. The Hall–Kier alpha value is -2.05. The van der Waals surface area contributed by atoms with Gasteiger partial charge in [0.1, 0.15) is 0 Å². The molecule has 82 valence electrons. The van der Waals surface area contributed by atoms with Gasteiger partial charge in [-0.1, -0.05) is 6.08 Å². The highest BCUT2D eigenvalue weighted by Crippen LogP contribution is 1.94. The molecule has 0 aromatic carbocycles. The van der Waals surface area contributed by atoms with Crippen LogP contribution in [0.3, 0.4) is 0 Å². The first-order valence-corrected chi connectivity index (χ1v) is 4.34. The average Bonchev–Trinajstić information content (AvgIpc) is 2.52. The molecule has 0 unspecified atom stereocenters. The Bertz CT molecular complexity index is 431. The molecule has 2 N–H and O–H groups in total. The van der Waals surface area contributed by atoms with Crippen molar-refractivity contribution >= 4 is 12.0 Å².